The minimum atomic E-state index is -0.229. The Kier molecular flexibility index (Phi) is 7.58. The summed E-state index contributed by atoms with van der Waals surface area (Å²) in [7, 11) is 1.60. The number of rotatable bonds is 6. The zero-order chi connectivity index (χ0) is 20.8. The van der Waals surface area contributed by atoms with Crippen LogP contribution in [0.5, 0.6) is 5.75 Å². The van der Waals surface area contributed by atoms with Crippen LogP contribution < -0.4 is 15.0 Å². The maximum Gasteiger partial charge on any atom is 0.248 e. The van der Waals surface area contributed by atoms with Crippen molar-refractivity contribution in [1.29, 1.82) is 0 Å². The van der Waals surface area contributed by atoms with Crippen molar-refractivity contribution in [3.05, 3.63) is 57.5 Å². The summed E-state index contributed by atoms with van der Waals surface area (Å²) in [6, 6.07) is 11.3. The molecule has 7 heteroatoms. The van der Waals surface area contributed by atoms with Gasteiger partial charge >= 0.3 is 0 Å². The minimum Gasteiger partial charge on any atom is -0.496 e. The molecule has 0 bridgehead atoms. The molecule has 2 aromatic rings. The van der Waals surface area contributed by atoms with Crippen LogP contribution in [0, 0.1) is 0 Å². The second-order valence-electron chi connectivity index (χ2n) is 6.80. The third-order valence-electron chi connectivity index (χ3n) is 4.98. The Morgan fingerprint density at radius 1 is 1.21 bits per heavy atom. The fraction of sp³-hybridized carbons (Fsp3) is 0.318. The van der Waals surface area contributed by atoms with Gasteiger partial charge in [-0.25, -0.2) is 0 Å². The molecule has 29 heavy (non-hydrogen) atoms. The molecule has 0 spiro atoms. The fourth-order valence-electron chi connectivity index (χ4n) is 3.33. The van der Waals surface area contributed by atoms with Gasteiger partial charge in [-0.15, -0.1) is 0 Å². The lowest BCUT2D eigenvalue weighted by atomic mass is 10.2. The molecule has 154 valence electrons. The summed E-state index contributed by atoms with van der Waals surface area (Å²) in [5, 5.41) is 3.51. The van der Waals surface area contributed by atoms with Crippen molar-refractivity contribution < 1.29 is 9.53 Å². The number of anilines is 2. The number of nitrogens with zero attached hydrogens (tertiary/aromatic N) is 2. The molecule has 0 aromatic heterocycles. The molecule has 5 nitrogen and oxygen atoms in total. The SMILES string of the molecule is CCN1CCN(c2ccc(NC(=O)/C=C/c3cc(Br)ccc3OC)cc2Cl)CC1. The maximum atomic E-state index is 12.3. The summed E-state index contributed by atoms with van der Waals surface area (Å²) in [6.45, 7) is 7.24. The third kappa shape index (κ3) is 5.75. The molecular weight excluding hydrogens is 454 g/mol. The molecule has 1 saturated heterocycles. The number of amides is 1. The molecule has 2 aromatic carbocycles. The number of halogens is 2. The van der Waals surface area contributed by atoms with E-state index >= 15 is 0 Å². The molecule has 1 heterocycles. The number of ether oxygens (including phenoxy) is 1. The lowest BCUT2D eigenvalue weighted by Gasteiger charge is -2.36. The van der Waals surface area contributed by atoms with Gasteiger partial charge in [0.2, 0.25) is 5.91 Å². The molecular formula is C22H25BrClN3O2. The summed E-state index contributed by atoms with van der Waals surface area (Å²) < 4.78 is 6.24. The van der Waals surface area contributed by atoms with E-state index in [1.165, 1.54) is 6.08 Å². The number of piperazine rings is 1. The normalized spacial score (nSPS) is 15.0. The van der Waals surface area contributed by atoms with E-state index in [1.54, 1.807) is 19.3 Å². The smallest absolute Gasteiger partial charge is 0.248 e. The highest BCUT2D eigenvalue weighted by molar-refractivity contribution is 9.10. The Bertz CT molecular complexity index is 896. The van der Waals surface area contributed by atoms with E-state index in [1.807, 2.05) is 30.3 Å². The van der Waals surface area contributed by atoms with E-state index in [4.69, 9.17) is 16.3 Å². The van der Waals surface area contributed by atoms with Gasteiger partial charge in [-0.1, -0.05) is 34.5 Å². The van der Waals surface area contributed by atoms with Crippen LogP contribution >= 0.6 is 27.5 Å². The second-order valence-corrected chi connectivity index (χ2v) is 8.12. The molecule has 0 radical (unpaired) electrons. The van der Waals surface area contributed by atoms with Gasteiger partial charge in [0.05, 0.1) is 17.8 Å². The summed E-state index contributed by atoms with van der Waals surface area (Å²) >= 11 is 9.93. The van der Waals surface area contributed by atoms with Gasteiger partial charge in [-0.2, -0.15) is 0 Å². The van der Waals surface area contributed by atoms with Crippen molar-refractivity contribution in [2.45, 2.75) is 6.92 Å². The Labute approximate surface area is 185 Å². The average molecular weight is 479 g/mol. The Balaban J connectivity index is 1.64. The van der Waals surface area contributed by atoms with Crippen LogP contribution in [0.1, 0.15) is 12.5 Å². The average Bonchev–Trinajstić information content (AvgIpc) is 2.72. The molecule has 3 rings (SSSR count). The first-order valence-electron chi connectivity index (χ1n) is 9.59. The van der Waals surface area contributed by atoms with Crippen LogP contribution in [0.3, 0.4) is 0 Å². The van der Waals surface area contributed by atoms with Crippen LogP contribution in [0.4, 0.5) is 11.4 Å². The first kappa shape index (κ1) is 21.7. The summed E-state index contributed by atoms with van der Waals surface area (Å²) in [6.07, 6.45) is 3.21. The number of nitrogens with one attached hydrogen (secondary N) is 1. The molecule has 1 aliphatic rings. The standard InChI is InChI=1S/C22H25BrClN3O2/c1-3-26-10-12-27(13-11-26)20-7-6-18(15-19(20)24)25-22(28)9-4-16-14-17(23)5-8-21(16)29-2/h4-9,14-15H,3,10-13H2,1-2H3,(H,25,28)/b9-4+. The predicted octanol–water partition coefficient (Wildman–Crippen LogP) is 4.90. The number of benzene rings is 2. The molecule has 1 N–H and O–H groups in total. The van der Waals surface area contributed by atoms with Crippen molar-refractivity contribution in [2.24, 2.45) is 0 Å². The maximum absolute atomic E-state index is 12.3. The third-order valence-corrected chi connectivity index (χ3v) is 5.78. The van der Waals surface area contributed by atoms with E-state index in [0.29, 0.717) is 16.5 Å². The van der Waals surface area contributed by atoms with Gasteiger partial charge < -0.3 is 19.9 Å². The van der Waals surface area contributed by atoms with Crippen LogP contribution in [-0.2, 0) is 4.79 Å². The zero-order valence-corrected chi connectivity index (χ0v) is 19.0. The topological polar surface area (TPSA) is 44.8 Å². The number of carbonyl (C=O) groups is 1. The number of methoxy groups -OCH3 is 1. The monoisotopic (exact) mass is 477 g/mol. The van der Waals surface area contributed by atoms with Crippen molar-refractivity contribution in [1.82, 2.24) is 4.90 Å². The van der Waals surface area contributed by atoms with Crippen LogP contribution in [0.25, 0.3) is 6.08 Å². The summed E-state index contributed by atoms with van der Waals surface area (Å²) in [5.41, 5.74) is 2.49. The molecule has 0 aliphatic carbocycles. The van der Waals surface area contributed by atoms with Crippen molar-refractivity contribution in [3.8, 4) is 5.75 Å². The predicted molar refractivity (Wildman–Crippen MR) is 124 cm³/mol. The molecule has 0 saturated carbocycles. The number of hydrogen-bond donors (Lipinski definition) is 1. The van der Waals surface area contributed by atoms with Gasteiger partial charge in [0.1, 0.15) is 5.75 Å². The van der Waals surface area contributed by atoms with Crippen LogP contribution in [0.15, 0.2) is 46.9 Å². The van der Waals surface area contributed by atoms with Crippen molar-refractivity contribution in [2.75, 3.05) is 50.1 Å². The Morgan fingerprint density at radius 2 is 1.97 bits per heavy atom. The number of carbonyl (C=O) groups excluding carboxylic acids is 1. The van der Waals surface area contributed by atoms with E-state index in [2.05, 4.69) is 38.0 Å². The summed E-state index contributed by atoms with van der Waals surface area (Å²) in [4.78, 5) is 17.0. The molecule has 0 unspecified atom stereocenters. The van der Waals surface area contributed by atoms with E-state index in [0.717, 1.165) is 48.4 Å². The highest BCUT2D eigenvalue weighted by Crippen LogP contribution is 2.30. The van der Waals surface area contributed by atoms with Crippen LogP contribution in [0.2, 0.25) is 5.02 Å². The van der Waals surface area contributed by atoms with Crippen molar-refractivity contribution in [3.63, 3.8) is 0 Å². The van der Waals surface area contributed by atoms with E-state index < -0.39 is 0 Å². The molecule has 1 fully saturated rings. The van der Waals surface area contributed by atoms with Gasteiger partial charge in [0.15, 0.2) is 0 Å². The van der Waals surface area contributed by atoms with Crippen LogP contribution in [-0.4, -0.2) is 50.6 Å². The number of likely N-dealkylation sites (N-methyl/N-ethyl adjacent to an activating group) is 1. The number of hydrogen-bond acceptors (Lipinski definition) is 4. The lowest BCUT2D eigenvalue weighted by Crippen LogP contribution is -2.46. The minimum absolute atomic E-state index is 0.229. The zero-order valence-electron chi connectivity index (χ0n) is 16.6. The first-order chi connectivity index (χ1) is 14.0. The first-order valence-corrected chi connectivity index (χ1v) is 10.8. The second kappa shape index (κ2) is 10.1. The van der Waals surface area contributed by atoms with E-state index in [9.17, 15) is 4.79 Å². The molecule has 1 amide bonds. The van der Waals surface area contributed by atoms with E-state index in [-0.39, 0.29) is 5.91 Å². The fourth-order valence-corrected chi connectivity index (χ4v) is 4.01. The highest BCUT2D eigenvalue weighted by atomic mass is 79.9. The van der Waals surface area contributed by atoms with Gasteiger partial charge in [0, 0.05) is 48.0 Å². The molecule has 0 atom stereocenters. The Morgan fingerprint density at radius 3 is 2.62 bits per heavy atom. The van der Waals surface area contributed by atoms with Gasteiger partial charge in [-0.05, 0) is 49.0 Å². The summed E-state index contributed by atoms with van der Waals surface area (Å²) in [5.74, 6) is 0.472. The molecule has 1 aliphatic heterocycles. The van der Waals surface area contributed by atoms with Crippen molar-refractivity contribution >= 4 is 50.9 Å². The quantitative estimate of drug-likeness (QED) is 0.600. The van der Waals surface area contributed by atoms with Gasteiger partial charge in [0.25, 0.3) is 0 Å². The highest BCUT2D eigenvalue weighted by Gasteiger charge is 2.18. The largest absolute Gasteiger partial charge is 0.496 e. The van der Waals surface area contributed by atoms with Gasteiger partial charge in [-0.3, -0.25) is 4.79 Å². The Hall–Kier alpha value is -2.02. The lowest BCUT2D eigenvalue weighted by molar-refractivity contribution is -0.111.